The first-order valence-corrected chi connectivity index (χ1v) is 13.8. The summed E-state index contributed by atoms with van der Waals surface area (Å²) in [6.45, 7) is 0.0879. The third-order valence-corrected chi connectivity index (χ3v) is 8.02. The molecule has 0 fully saturated rings. The highest BCUT2D eigenvalue weighted by atomic mass is 35.5. The molecule has 200 valence electrons. The Bertz CT molecular complexity index is 1440. The number of methoxy groups -OCH3 is 1. The van der Waals surface area contributed by atoms with E-state index >= 15 is 0 Å². The molecule has 3 amide bonds. The second kappa shape index (κ2) is 11.5. The Kier molecular flexibility index (Phi) is 8.35. The van der Waals surface area contributed by atoms with Crippen LogP contribution in [0.15, 0.2) is 66.7 Å². The van der Waals surface area contributed by atoms with E-state index in [1.54, 1.807) is 44.5 Å². The van der Waals surface area contributed by atoms with E-state index in [0.29, 0.717) is 28.4 Å². The molecule has 12 heteroatoms. The lowest BCUT2D eigenvalue weighted by molar-refractivity contribution is -0.120. The summed E-state index contributed by atoms with van der Waals surface area (Å²) in [6.07, 6.45) is 0.532. The number of nitrogens with one attached hydrogen (secondary N) is 2. The summed E-state index contributed by atoms with van der Waals surface area (Å²) in [5.74, 6) is 0.194. The average molecular weight is 577 g/mol. The van der Waals surface area contributed by atoms with Gasteiger partial charge in [0.1, 0.15) is 11.8 Å². The summed E-state index contributed by atoms with van der Waals surface area (Å²) in [5, 5.41) is 3.09. The highest BCUT2D eigenvalue weighted by Gasteiger charge is 2.34. The number of ether oxygens (including phenoxy) is 1. The molecule has 0 radical (unpaired) electrons. The van der Waals surface area contributed by atoms with Gasteiger partial charge in [-0.15, -0.1) is 0 Å². The fraction of sp³-hybridized carbons (Fsp3) is 0.231. The molecule has 38 heavy (non-hydrogen) atoms. The molecule has 0 spiro atoms. The quantitative estimate of drug-likeness (QED) is 0.418. The van der Waals surface area contributed by atoms with Gasteiger partial charge in [-0.2, -0.15) is 8.42 Å². The molecule has 0 aliphatic carbocycles. The van der Waals surface area contributed by atoms with Gasteiger partial charge in [-0.05, 0) is 53.9 Å². The second-order valence-corrected chi connectivity index (χ2v) is 11.1. The number of benzene rings is 3. The fourth-order valence-electron chi connectivity index (χ4n) is 4.24. The maximum absolute atomic E-state index is 13.5. The van der Waals surface area contributed by atoms with E-state index in [2.05, 4.69) is 5.32 Å². The third-order valence-electron chi connectivity index (χ3n) is 6.13. The van der Waals surface area contributed by atoms with Crippen molar-refractivity contribution in [3.63, 3.8) is 0 Å². The molecule has 2 N–H and O–H groups in total. The normalized spacial score (nSPS) is 13.4. The SMILES string of the molecule is COc1ccc(N(C)C(=O)C(Cc2ccccc2)NC(=O)NS(=O)(=O)N2CCc3cc(Cl)cc(Cl)c32)cc1. The highest BCUT2D eigenvalue weighted by molar-refractivity contribution is 7.91. The Morgan fingerprint density at radius 3 is 2.42 bits per heavy atom. The molecule has 1 unspecified atom stereocenters. The molecule has 1 aliphatic rings. The molecule has 1 heterocycles. The van der Waals surface area contributed by atoms with E-state index in [1.165, 1.54) is 11.0 Å². The zero-order chi connectivity index (χ0) is 27.4. The van der Waals surface area contributed by atoms with E-state index in [4.69, 9.17) is 27.9 Å². The van der Waals surface area contributed by atoms with Gasteiger partial charge in [0.15, 0.2) is 0 Å². The van der Waals surface area contributed by atoms with Crippen LogP contribution in [-0.2, 0) is 27.8 Å². The predicted octanol–water partition coefficient (Wildman–Crippen LogP) is 4.18. The summed E-state index contributed by atoms with van der Waals surface area (Å²) in [7, 11) is -1.21. The number of halogens is 2. The summed E-state index contributed by atoms with van der Waals surface area (Å²) >= 11 is 12.3. The van der Waals surface area contributed by atoms with Gasteiger partial charge in [0.05, 0.1) is 17.8 Å². The van der Waals surface area contributed by atoms with Crippen LogP contribution in [0.5, 0.6) is 5.75 Å². The molecule has 0 aromatic heterocycles. The summed E-state index contributed by atoms with van der Waals surface area (Å²) in [4.78, 5) is 27.8. The molecule has 1 atom stereocenters. The third kappa shape index (κ3) is 6.15. The predicted molar refractivity (Wildman–Crippen MR) is 148 cm³/mol. The minimum absolute atomic E-state index is 0.0879. The lowest BCUT2D eigenvalue weighted by Gasteiger charge is -2.26. The van der Waals surface area contributed by atoms with Crippen LogP contribution in [-0.4, -0.2) is 47.1 Å². The topological polar surface area (TPSA) is 108 Å². The molecular formula is C26H26Cl2N4O5S. The number of rotatable bonds is 8. The number of likely N-dealkylation sites (N-methyl/N-ethyl adjacent to an activating group) is 1. The molecule has 0 saturated heterocycles. The molecule has 9 nitrogen and oxygen atoms in total. The minimum atomic E-state index is -4.33. The Hall–Kier alpha value is -3.47. The summed E-state index contributed by atoms with van der Waals surface area (Å²) in [5.41, 5.74) is 2.29. The van der Waals surface area contributed by atoms with Gasteiger partial charge in [0.2, 0.25) is 5.91 Å². The molecule has 4 rings (SSSR count). The van der Waals surface area contributed by atoms with Crippen molar-refractivity contribution in [3.8, 4) is 5.75 Å². The average Bonchev–Trinajstić information content (AvgIpc) is 3.33. The van der Waals surface area contributed by atoms with E-state index in [1.807, 2.05) is 35.1 Å². The second-order valence-electron chi connectivity index (χ2n) is 8.64. The van der Waals surface area contributed by atoms with E-state index < -0.39 is 28.2 Å². The minimum Gasteiger partial charge on any atom is -0.497 e. The van der Waals surface area contributed by atoms with Crippen molar-refractivity contribution < 1.29 is 22.7 Å². The lowest BCUT2D eigenvalue weighted by Crippen LogP contribution is -2.54. The van der Waals surface area contributed by atoms with Gasteiger partial charge in [-0.25, -0.2) is 9.52 Å². The van der Waals surface area contributed by atoms with Crippen LogP contribution in [0.4, 0.5) is 16.2 Å². The molecule has 0 saturated carbocycles. The largest absolute Gasteiger partial charge is 0.497 e. The number of hydrogen-bond acceptors (Lipinski definition) is 5. The van der Waals surface area contributed by atoms with Crippen LogP contribution >= 0.6 is 23.2 Å². The van der Waals surface area contributed by atoms with Crippen molar-refractivity contribution in [1.82, 2.24) is 10.0 Å². The molecule has 1 aliphatic heterocycles. The summed E-state index contributed by atoms with van der Waals surface area (Å²) < 4.78 is 34.5. The molecule has 0 bridgehead atoms. The maximum Gasteiger partial charge on any atom is 0.330 e. The number of nitrogens with zero attached hydrogens (tertiary/aromatic N) is 2. The number of urea groups is 1. The highest BCUT2D eigenvalue weighted by Crippen LogP contribution is 2.38. The number of fused-ring (bicyclic) bond motifs is 1. The van der Waals surface area contributed by atoms with Gasteiger partial charge in [0.25, 0.3) is 0 Å². The van der Waals surface area contributed by atoms with Crippen LogP contribution in [0.25, 0.3) is 0 Å². The fourth-order valence-corrected chi connectivity index (χ4v) is 6.12. The van der Waals surface area contributed by atoms with Gasteiger partial charge in [-0.3, -0.25) is 9.10 Å². The first kappa shape index (κ1) is 27.6. The van der Waals surface area contributed by atoms with E-state index in [9.17, 15) is 18.0 Å². The van der Waals surface area contributed by atoms with Crippen molar-refractivity contribution >= 4 is 56.7 Å². The summed E-state index contributed by atoms with van der Waals surface area (Å²) in [6, 6.07) is 16.9. The number of hydrogen-bond donors (Lipinski definition) is 2. The smallest absolute Gasteiger partial charge is 0.330 e. The number of anilines is 2. The van der Waals surface area contributed by atoms with Crippen LogP contribution in [0.2, 0.25) is 10.0 Å². The maximum atomic E-state index is 13.5. The Labute approximate surface area is 231 Å². The van der Waals surface area contributed by atoms with Crippen molar-refractivity contribution in [3.05, 3.63) is 87.9 Å². The van der Waals surface area contributed by atoms with E-state index in [0.717, 1.165) is 9.87 Å². The van der Waals surface area contributed by atoms with Crippen molar-refractivity contribution in [2.24, 2.45) is 0 Å². The number of amides is 3. The number of carbonyl (C=O) groups excluding carboxylic acids is 2. The number of carbonyl (C=O) groups is 2. The molecule has 3 aromatic rings. The molecule has 3 aromatic carbocycles. The van der Waals surface area contributed by atoms with Crippen molar-refractivity contribution in [2.45, 2.75) is 18.9 Å². The Morgan fingerprint density at radius 2 is 1.76 bits per heavy atom. The van der Waals surface area contributed by atoms with Crippen LogP contribution in [0.3, 0.4) is 0 Å². The van der Waals surface area contributed by atoms with Crippen LogP contribution in [0, 0.1) is 0 Å². The van der Waals surface area contributed by atoms with Crippen molar-refractivity contribution in [2.75, 3.05) is 29.9 Å². The van der Waals surface area contributed by atoms with Crippen LogP contribution in [0.1, 0.15) is 11.1 Å². The zero-order valence-corrected chi connectivity index (χ0v) is 23.0. The Morgan fingerprint density at radius 1 is 1.08 bits per heavy atom. The monoisotopic (exact) mass is 576 g/mol. The zero-order valence-electron chi connectivity index (χ0n) is 20.6. The first-order chi connectivity index (χ1) is 18.1. The lowest BCUT2D eigenvalue weighted by atomic mass is 10.0. The van der Waals surface area contributed by atoms with Gasteiger partial charge < -0.3 is 15.0 Å². The first-order valence-electron chi connectivity index (χ1n) is 11.6. The van der Waals surface area contributed by atoms with Crippen LogP contribution < -0.4 is 24.0 Å². The van der Waals surface area contributed by atoms with Gasteiger partial charge in [0, 0.05) is 30.7 Å². The van der Waals surface area contributed by atoms with Gasteiger partial charge >= 0.3 is 16.2 Å². The standard InChI is InChI=1S/C26H26Cl2N4O5S/c1-31(20-8-10-21(37-2)11-9-20)25(33)23(14-17-6-4-3-5-7-17)29-26(34)30-38(35,36)32-13-12-18-15-19(27)16-22(28)24(18)32/h3-11,15-16,23H,12-14H2,1-2H3,(H2,29,30,34). The molecular weight excluding hydrogens is 551 g/mol. The Balaban J connectivity index is 1.53. The van der Waals surface area contributed by atoms with E-state index in [-0.39, 0.29) is 23.7 Å². The van der Waals surface area contributed by atoms with Gasteiger partial charge in [-0.1, -0.05) is 53.5 Å². The van der Waals surface area contributed by atoms with Crippen molar-refractivity contribution in [1.29, 1.82) is 0 Å².